The molecule has 7 nitrogen and oxygen atoms in total. The Hall–Kier alpha value is -2.93. The second kappa shape index (κ2) is 8.44. The van der Waals surface area contributed by atoms with Crippen LogP contribution in [0.1, 0.15) is 33.7 Å². The summed E-state index contributed by atoms with van der Waals surface area (Å²) >= 11 is 0. The van der Waals surface area contributed by atoms with Gasteiger partial charge in [0.25, 0.3) is 5.91 Å². The third-order valence-electron chi connectivity index (χ3n) is 4.12. The van der Waals surface area contributed by atoms with Gasteiger partial charge in [0.05, 0.1) is 24.5 Å². The Labute approximate surface area is 151 Å². The van der Waals surface area contributed by atoms with Gasteiger partial charge in [-0.2, -0.15) is 0 Å². The van der Waals surface area contributed by atoms with Crippen molar-refractivity contribution >= 4 is 23.3 Å². The zero-order chi connectivity index (χ0) is 18.4. The van der Waals surface area contributed by atoms with E-state index < -0.39 is 5.97 Å². The minimum Gasteiger partial charge on any atom is -0.465 e. The predicted octanol–water partition coefficient (Wildman–Crippen LogP) is 2.52. The van der Waals surface area contributed by atoms with Gasteiger partial charge in [-0.25, -0.2) is 4.79 Å². The Morgan fingerprint density at radius 2 is 2.15 bits per heavy atom. The van der Waals surface area contributed by atoms with E-state index in [0.717, 1.165) is 19.4 Å². The number of carbonyl (C=O) groups is 2. The molecule has 0 spiro atoms. The number of hydrogen-bond acceptors (Lipinski definition) is 6. The standard InChI is InChI=1S/C19H21N3O4/c1-25-19(24)15-6-2-3-7-16(15)22-13-8-9-20-17(11-13)18(23)21-12-14-5-4-10-26-14/h2-3,6-9,11,14H,4-5,10,12H2,1H3,(H,20,22)(H,21,23). The van der Waals surface area contributed by atoms with Crippen LogP contribution in [0.25, 0.3) is 0 Å². The number of nitrogens with one attached hydrogen (secondary N) is 2. The van der Waals surface area contributed by atoms with Crippen LogP contribution in [-0.2, 0) is 9.47 Å². The molecule has 2 heterocycles. The van der Waals surface area contributed by atoms with E-state index in [9.17, 15) is 9.59 Å². The van der Waals surface area contributed by atoms with E-state index in [1.165, 1.54) is 7.11 Å². The van der Waals surface area contributed by atoms with Crippen molar-refractivity contribution in [2.45, 2.75) is 18.9 Å². The number of esters is 1. The lowest BCUT2D eigenvalue weighted by atomic mass is 10.1. The number of methoxy groups -OCH3 is 1. The number of para-hydroxylation sites is 1. The van der Waals surface area contributed by atoms with E-state index >= 15 is 0 Å². The molecule has 1 saturated heterocycles. The highest BCUT2D eigenvalue weighted by molar-refractivity contribution is 5.97. The molecule has 3 rings (SSSR count). The Kier molecular flexibility index (Phi) is 5.80. The molecule has 0 aliphatic carbocycles. The molecule has 1 aromatic heterocycles. The van der Waals surface area contributed by atoms with Crippen LogP contribution >= 0.6 is 0 Å². The predicted molar refractivity (Wildman–Crippen MR) is 96.6 cm³/mol. The molecule has 1 aromatic carbocycles. The first-order chi connectivity index (χ1) is 12.7. The van der Waals surface area contributed by atoms with E-state index in [4.69, 9.17) is 9.47 Å². The Bertz CT molecular complexity index is 788. The van der Waals surface area contributed by atoms with Crippen LogP contribution in [0.2, 0.25) is 0 Å². The number of hydrogen-bond donors (Lipinski definition) is 2. The van der Waals surface area contributed by atoms with Gasteiger partial charge in [-0.3, -0.25) is 9.78 Å². The van der Waals surface area contributed by atoms with Gasteiger partial charge < -0.3 is 20.1 Å². The molecular weight excluding hydrogens is 334 g/mol. The zero-order valence-electron chi connectivity index (χ0n) is 14.5. The number of aromatic nitrogens is 1. The zero-order valence-corrected chi connectivity index (χ0v) is 14.5. The number of carbonyl (C=O) groups excluding carboxylic acids is 2. The van der Waals surface area contributed by atoms with Crippen molar-refractivity contribution in [3.63, 3.8) is 0 Å². The number of amides is 1. The average molecular weight is 355 g/mol. The molecule has 136 valence electrons. The van der Waals surface area contributed by atoms with Crippen molar-refractivity contribution in [1.29, 1.82) is 0 Å². The lowest BCUT2D eigenvalue weighted by molar-refractivity contribution is 0.0601. The second-order valence-corrected chi connectivity index (χ2v) is 5.94. The van der Waals surface area contributed by atoms with Crippen molar-refractivity contribution in [3.05, 3.63) is 53.9 Å². The topological polar surface area (TPSA) is 89.5 Å². The molecule has 1 aliphatic rings. The first-order valence-corrected chi connectivity index (χ1v) is 8.47. The largest absolute Gasteiger partial charge is 0.465 e. The Morgan fingerprint density at radius 3 is 2.92 bits per heavy atom. The number of benzene rings is 1. The summed E-state index contributed by atoms with van der Waals surface area (Å²) < 4.78 is 10.3. The highest BCUT2D eigenvalue weighted by Gasteiger charge is 2.17. The van der Waals surface area contributed by atoms with E-state index in [0.29, 0.717) is 29.2 Å². The van der Waals surface area contributed by atoms with Gasteiger partial charge in [0, 0.05) is 25.0 Å². The third-order valence-corrected chi connectivity index (χ3v) is 4.12. The van der Waals surface area contributed by atoms with Gasteiger partial charge >= 0.3 is 5.97 Å². The van der Waals surface area contributed by atoms with Gasteiger partial charge in [-0.15, -0.1) is 0 Å². The molecule has 1 amide bonds. The number of pyridine rings is 1. The van der Waals surface area contributed by atoms with Crippen LogP contribution in [0.3, 0.4) is 0 Å². The summed E-state index contributed by atoms with van der Waals surface area (Å²) in [6.45, 7) is 1.22. The molecule has 0 bridgehead atoms. The SMILES string of the molecule is COC(=O)c1ccccc1Nc1ccnc(C(=O)NCC2CCCO2)c1. The summed E-state index contributed by atoms with van der Waals surface area (Å²) in [5.41, 5.74) is 1.95. The molecular formula is C19H21N3O4. The van der Waals surface area contributed by atoms with Crippen LogP contribution in [-0.4, -0.2) is 43.2 Å². The monoisotopic (exact) mass is 355 g/mol. The van der Waals surface area contributed by atoms with Crippen LogP contribution in [0.15, 0.2) is 42.6 Å². The van der Waals surface area contributed by atoms with Crippen LogP contribution in [0.5, 0.6) is 0 Å². The normalized spacial score (nSPS) is 16.1. The van der Waals surface area contributed by atoms with E-state index in [-0.39, 0.29) is 12.0 Å². The van der Waals surface area contributed by atoms with Gasteiger partial charge in [0.15, 0.2) is 0 Å². The fourth-order valence-corrected chi connectivity index (χ4v) is 2.77. The smallest absolute Gasteiger partial charge is 0.339 e. The maximum Gasteiger partial charge on any atom is 0.339 e. The maximum atomic E-state index is 12.3. The van der Waals surface area contributed by atoms with Gasteiger partial charge in [-0.1, -0.05) is 12.1 Å². The minimum atomic E-state index is -0.434. The first-order valence-electron chi connectivity index (χ1n) is 8.47. The van der Waals surface area contributed by atoms with E-state index in [2.05, 4.69) is 15.6 Å². The van der Waals surface area contributed by atoms with Gasteiger partial charge in [-0.05, 0) is 37.1 Å². The molecule has 7 heteroatoms. The molecule has 1 atom stereocenters. The molecule has 26 heavy (non-hydrogen) atoms. The van der Waals surface area contributed by atoms with E-state index in [1.54, 1.807) is 36.5 Å². The number of ether oxygens (including phenoxy) is 2. The summed E-state index contributed by atoms with van der Waals surface area (Å²) in [6.07, 6.45) is 3.61. The van der Waals surface area contributed by atoms with Crippen molar-refractivity contribution in [2.24, 2.45) is 0 Å². The molecule has 0 saturated carbocycles. The Balaban J connectivity index is 1.69. The summed E-state index contributed by atoms with van der Waals surface area (Å²) in [5.74, 6) is -0.693. The summed E-state index contributed by atoms with van der Waals surface area (Å²) in [6, 6.07) is 10.4. The van der Waals surface area contributed by atoms with E-state index in [1.807, 2.05) is 6.07 Å². The molecule has 1 fully saturated rings. The van der Waals surface area contributed by atoms with Gasteiger partial charge in [0.2, 0.25) is 0 Å². The van der Waals surface area contributed by atoms with Crippen molar-refractivity contribution in [1.82, 2.24) is 10.3 Å². The number of nitrogens with zero attached hydrogens (tertiary/aromatic N) is 1. The lowest BCUT2D eigenvalue weighted by Gasteiger charge is -2.12. The minimum absolute atomic E-state index is 0.0761. The van der Waals surface area contributed by atoms with Crippen molar-refractivity contribution in [3.8, 4) is 0 Å². The first kappa shape index (κ1) is 17.9. The lowest BCUT2D eigenvalue weighted by Crippen LogP contribution is -2.32. The molecule has 0 radical (unpaired) electrons. The van der Waals surface area contributed by atoms with Crippen molar-refractivity contribution < 1.29 is 19.1 Å². The highest BCUT2D eigenvalue weighted by Crippen LogP contribution is 2.21. The number of anilines is 2. The second-order valence-electron chi connectivity index (χ2n) is 5.94. The summed E-state index contributed by atoms with van der Waals surface area (Å²) in [7, 11) is 1.34. The maximum absolute atomic E-state index is 12.3. The molecule has 1 unspecified atom stereocenters. The van der Waals surface area contributed by atoms with Crippen LogP contribution in [0.4, 0.5) is 11.4 Å². The summed E-state index contributed by atoms with van der Waals surface area (Å²) in [5, 5.41) is 5.98. The quantitative estimate of drug-likeness (QED) is 0.774. The molecule has 1 aliphatic heterocycles. The summed E-state index contributed by atoms with van der Waals surface area (Å²) in [4.78, 5) is 28.3. The fourth-order valence-electron chi connectivity index (χ4n) is 2.77. The number of rotatable bonds is 6. The highest BCUT2D eigenvalue weighted by atomic mass is 16.5. The van der Waals surface area contributed by atoms with Crippen molar-refractivity contribution in [2.75, 3.05) is 25.6 Å². The Morgan fingerprint density at radius 1 is 1.31 bits per heavy atom. The fraction of sp³-hybridized carbons (Fsp3) is 0.316. The molecule has 2 N–H and O–H groups in total. The molecule has 2 aromatic rings. The third kappa shape index (κ3) is 4.37. The van der Waals surface area contributed by atoms with Crippen LogP contribution in [0, 0.1) is 0 Å². The van der Waals surface area contributed by atoms with Gasteiger partial charge in [0.1, 0.15) is 5.69 Å². The van der Waals surface area contributed by atoms with Crippen LogP contribution < -0.4 is 10.6 Å². The average Bonchev–Trinajstić information content (AvgIpc) is 3.20.